The van der Waals surface area contributed by atoms with Crippen molar-refractivity contribution < 1.29 is 0 Å². The predicted octanol–water partition coefficient (Wildman–Crippen LogP) is 2.87. The quantitative estimate of drug-likeness (QED) is 0.682. The predicted molar refractivity (Wildman–Crippen MR) is 59.4 cm³/mol. The molecule has 0 atom stereocenters. The molecule has 2 heteroatoms. The van der Waals surface area contributed by atoms with Gasteiger partial charge in [0.2, 0.25) is 0 Å². The Morgan fingerprint density at radius 2 is 2.07 bits per heavy atom. The molecule has 0 aliphatic heterocycles. The Morgan fingerprint density at radius 3 is 2.79 bits per heavy atom. The number of benzene rings is 1. The molecule has 3 rings (SSSR count). The molecule has 0 spiro atoms. The van der Waals surface area contributed by atoms with E-state index in [4.69, 9.17) is 5.73 Å². The molecule has 1 aliphatic carbocycles. The van der Waals surface area contributed by atoms with E-state index in [9.17, 15) is 0 Å². The standard InChI is InChI=1S/C12H14N2/c1-8-6-9-2-3-10(13)7-12(9)14(8)11-4-5-11/h2-3,6-7,11H,4-5,13H2,1H3. The lowest BCUT2D eigenvalue weighted by Crippen LogP contribution is -1.95. The molecule has 14 heavy (non-hydrogen) atoms. The van der Waals surface area contributed by atoms with Gasteiger partial charge in [-0.1, -0.05) is 6.07 Å². The van der Waals surface area contributed by atoms with Crippen LogP contribution in [0.2, 0.25) is 0 Å². The second-order valence-corrected chi connectivity index (χ2v) is 4.21. The maximum atomic E-state index is 5.81. The third kappa shape index (κ3) is 1.03. The van der Waals surface area contributed by atoms with E-state index in [1.54, 1.807) is 0 Å². The number of rotatable bonds is 1. The highest BCUT2D eigenvalue weighted by Gasteiger charge is 2.25. The minimum atomic E-state index is 0.731. The molecular formula is C12H14N2. The number of anilines is 1. The number of hydrogen-bond donors (Lipinski definition) is 1. The van der Waals surface area contributed by atoms with Gasteiger partial charge in [0.1, 0.15) is 0 Å². The SMILES string of the molecule is Cc1cc2ccc(N)cc2n1C1CC1. The van der Waals surface area contributed by atoms with Gasteiger partial charge in [-0.25, -0.2) is 0 Å². The fraction of sp³-hybridized carbons (Fsp3) is 0.333. The summed E-state index contributed by atoms with van der Waals surface area (Å²) in [4.78, 5) is 0. The lowest BCUT2D eigenvalue weighted by atomic mass is 10.2. The maximum absolute atomic E-state index is 5.81. The van der Waals surface area contributed by atoms with E-state index in [1.165, 1.54) is 29.4 Å². The minimum Gasteiger partial charge on any atom is -0.399 e. The first-order valence-corrected chi connectivity index (χ1v) is 5.13. The van der Waals surface area contributed by atoms with Crippen LogP contribution in [0.3, 0.4) is 0 Å². The monoisotopic (exact) mass is 186 g/mol. The van der Waals surface area contributed by atoms with Crippen molar-refractivity contribution >= 4 is 16.6 Å². The van der Waals surface area contributed by atoms with Gasteiger partial charge >= 0.3 is 0 Å². The van der Waals surface area contributed by atoms with Crippen LogP contribution in [0.25, 0.3) is 10.9 Å². The van der Waals surface area contributed by atoms with Crippen LogP contribution in [0.4, 0.5) is 5.69 Å². The first-order chi connectivity index (χ1) is 6.75. The van der Waals surface area contributed by atoms with Gasteiger partial charge in [-0.05, 0) is 38.0 Å². The van der Waals surface area contributed by atoms with Crippen LogP contribution in [0, 0.1) is 6.92 Å². The van der Waals surface area contributed by atoms with Crippen molar-refractivity contribution in [1.29, 1.82) is 0 Å². The van der Waals surface area contributed by atoms with Crippen molar-refractivity contribution in [1.82, 2.24) is 4.57 Å². The molecule has 1 aromatic heterocycles. The topological polar surface area (TPSA) is 30.9 Å². The van der Waals surface area contributed by atoms with Crippen molar-refractivity contribution in [2.45, 2.75) is 25.8 Å². The van der Waals surface area contributed by atoms with Gasteiger partial charge in [-0.3, -0.25) is 0 Å². The van der Waals surface area contributed by atoms with Crippen LogP contribution in [0.15, 0.2) is 24.3 Å². The second-order valence-electron chi connectivity index (χ2n) is 4.21. The van der Waals surface area contributed by atoms with Gasteiger partial charge in [0, 0.05) is 22.8 Å². The molecule has 1 aromatic carbocycles. The number of nitrogen functional groups attached to an aromatic ring is 1. The molecular weight excluding hydrogens is 172 g/mol. The summed E-state index contributed by atoms with van der Waals surface area (Å²) in [6, 6.07) is 9.14. The molecule has 0 saturated heterocycles. The highest BCUT2D eigenvalue weighted by molar-refractivity contribution is 5.84. The molecule has 1 aliphatic rings. The molecule has 0 radical (unpaired) electrons. The third-order valence-electron chi connectivity index (χ3n) is 2.97. The number of fused-ring (bicyclic) bond motifs is 1. The smallest absolute Gasteiger partial charge is 0.0505 e. The summed E-state index contributed by atoms with van der Waals surface area (Å²) in [5, 5.41) is 1.31. The lowest BCUT2D eigenvalue weighted by Gasteiger charge is -2.05. The molecule has 0 bridgehead atoms. The average Bonchev–Trinajstić information content (AvgIpc) is 2.90. The average molecular weight is 186 g/mol. The molecule has 0 amide bonds. The highest BCUT2D eigenvalue weighted by atomic mass is 15.0. The van der Waals surface area contributed by atoms with Crippen LogP contribution in [0.5, 0.6) is 0 Å². The van der Waals surface area contributed by atoms with Crippen LogP contribution < -0.4 is 5.73 Å². The molecule has 1 saturated carbocycles. The largest absolute Gasteiger partial charge is 0.399 e. The van der Waals surface area contributed by atoms with Crippen molar-refractivity contribution in [2.24, 2.45) is 0 Å². The van der Waals surface area contributed by atoms with Gasteiger partial charge in [-0.15, -0.1) is 0 Å². The summed E-state index contributed by atoms with van der Waals surface area (Å²) in [6.07, 6.45) is 2.64. The van der Waals surface area contributed by atoms with Crippen molar-refractivity contribution in [3.63, 3.8) is 0 Å². The summed E-state index contributed by atoms with van der Waals surface area (Å²) in [7, 11) is 0. The zero-order valence-corrected chi connectivity index (χ0v) is 8.33. The van der Waals surface area contributed by atoms with Crippen molar-refractivity contribution in [3.8, 4) is 0 Å². The van der Waals surface area contributed by atoms with Crippen LogP contribution in [-0.2, 0) is 0 Å². The van der Waals surface area contributed by atoms with E-state index in [2.05, 4.69) is 29.7 Å². The van der Waals surface area contributed by atoms with Crippen LogP contribution in [0.1, 0.15) is 24.6 Å². The molecule has 72 valence electrons. The fourth-order valence-electron chi connectivity index (χ4n) is 2.19. The fourth-order valence-corrected chi connectivity index (χ4v) is 2.19. The first-order valence-electron chi connectivity index (χ1n) is 5.13. The number of hydrogen-bond acceptors (Lipinski definition) is 1. The summed E-state index contributed by atoms with van der Waals surface area (Å²) in [6.45, 7) is 2.18. The van der Waals surface area contributed by atoms with Crippen LogP contribution >= 0.6 is 0 Å². The van der Waals surface area contributed by atoms with Crippen molar-refractivity contribution in [3.05, 3.63) is 30.0 Å². The number of nitrogens with two attached hydrogens (primary N) is 1. The maximum Gasteiger partial charge on any atom is 0.0505 e. The Bertz CT molecular complexity index is 492. The van der Waals surface area contributed by atoms with E-state index in [1.807, 2.05) is 6.07 Å². The molecule has 2 nitrogen and oxygen atoms in total. The van der Waals surface area contributed by atoms with Gasteiger partial charge in [-0.2, -0.15) is 0 Å². The molecule has 2 aromatic rings. The normalized spacial score (nSPS) is 16.4. The zero-order valence-electron chi connectivity index (χ0n) is 8.33. The molecule has 1 fully saturated rings. The summed E-state index contributed by atoms with van der Waals surface area (Å²) in [5.41, 5.74) is 9.32. The highest BCUT2D eigenvalue weighted by Crippen LogP contribution is 2.39. The zero-order chi connectivity index (χ0) is 9.71. The Labute approximate surface area is 83.3 Å². The summed E-state index contributed by atoms with van der Waals surface area (Å²) >= 11 is 0. The third-order valence-corrected chi connectivity index (χ3v) is 2.97. The van der Waals surface area contributed by atoms with E-state index in [0.717, 1.165) is 11.7 Å². The van der Waals surface area contributed by atoms with Crippen LogP contribution in [-0.4, -0.2) is 4.57 Å². The van der Waals surface area contributed by atoms with E-state index in [0.29, 0.717) is 0 Å². The van der Waals surface area contributed by atoms with E-state index < -0.39 is 0 Å². The summed E-state index contributed by atoms with van der Waals surface area (Å²) < 4.78 is 2.42. The number of aromatic nitrogens is 1. The Hall–Kier alpha value is -1.44. The van der Waals surface area contributed by atoms with Gasteiger partial charge in [0.15, 0.2) is 0 Å². The second kappa shape index (κ2) is 2.53. The molecule has 2 N–H and O–H groups in total. The lowest BCUT2D eigenvalue weighted by molar-refractivity contribution is 0.749. The van der Waals surface area contributed by atoms with Gasteiger partial charge < -0.3 is 10.3 Å². The Kier molecular flexibility index (Phi) is 1.43. The molecule has 0 unspecified atom stereocenters. The van der Waals surface area contributed by atoms with Gasteiger partial charge in [0.25, 0.3) is 0 Å². The Morgan fingerprint density at radius 1 is 1.29 bits per heavy atom. The first kappa shape index (κ1) is 7.92. The number of aryl methyl sites for hydroxylation is 1. The summed E-state index contributed by atoms with van der Waals surface area (Å²) in [5.74, 6) is 0. The van der Waals surface area contributed by atoms with E-state index in [-0.39, 0.29) is 0 Å². The van der Waals surface area contributed by atoms with Gasteiger partial charge in [0.05, 0.1) is 5.52 Å². The Balaban J connectivity index is 2.34. The van der Waals surface area contributed by atoms with Crippen molar-refractivity contribution in [2.75, 3.05) is 5.73 Å². The van der Waals surface area contributed by atoms with E-state index >= 15 is 0 Å². The minimum absolute atomic E-state index is 0.731. The number of nitrogens with zero attached hydrogens (tertiary/aromatic N) is 1. The molecule has 1 heterocycles.